The molecule has 0 aliphatic rings. The Labute approximate surface area is 156 Å². The standard InChI is InChI=1S/C19H20IN3O/c1-3-21-13-18(15-8-7-9-16(20)12-15)22-14(2)19(24)23-17-10-5-4-6-11-17/h4-14H,3H2,1-2H3,(H,23,24)/b21-13-,22-18+. The summed E-state index contributed by atoms with van der Waals surface area (Å²) in [6, 6.07) is 16.9. The van der Waals surface area contributed by atoms with Crippen molar-refractivity contribution in [2.45, 2.75) is 19.9 Å². The van der Waals surface area contributed by atoms with E-state index in [4.69, 9.17) is 0 Å². The lowest BCUT2D eigenvalue weighted by atomic mass is 10.1. The highest BCUT2D eigenvalue weighted by atomic mass is 127. The summed E-state index contributed by atoms with van der Waals surface area (Å²) in [6.45, 7) is 4.42. The molecule has 0 saturated carbocycles. The maximum absolute atomic E-state index is 12.4. The normalized spacial score (nSPS) is 13.0. The molecule has 1 atom stereocenters. The van der Waals surface area contributed by atoms with E-state index in [-0.39, 0.29) is 5.91 Å². The van der Waals surface area contributed by atoms with Crippen LogP contribution in [0.5, 0.6) is 0 Å². The monoisotopic (exact) mass is 433 g/mol. The van der Waals surface area contributed by atoms with Gasteiger partial charge in [-0.25, -0.2) is 0 Å². The molecule has 0 aromatic heterocycles. The van der Waals surface area contributed by atoms with Gasteiger partial charge < -0.3 is 5.32 Å². The lowest BCUT2D eigenvalue weighted by Crippen LogP contribution is -2.25. The van der Waals surface area contributed by atoms with E-state index in [0.29, 0.717) is 12.3 Å². The number of anilines is 1. The number of nitrogens with zero attached hydrogens (tertiary/aromatic N) is 2. The largest absolute Gasteiger partial charge is 0.324 e. The van der Waals surface area contributed by atoms with Crippen LogP contribution < -0.4 is 5.32 Å². The number of rotatable bonds is 6. The second kappa shape index (κ2) is 9.32. The molecule has 1 N–H and O–H groups in total. The molecule has 1 amide bonds. The summed E-state index contributed by atoms with van der Waals surface area (Å²) in [5.41, 5.74) is 2.44. The zero-order chi connectivity index (χ0) is 17.4. The fraction of sp³-hybridized carbons (Fsp3) is 0.211. The fourth-order valence-corrected chi connectivity index (χ4v) is 2.59. The van der Waals surface area contributed by atoms with E-state index in [9.17, 15) is 4.79 Å². The van der Waals surface area contributed by atoms with Crippen molar-refractivity contribution in [1.82, 2.24) is 0 Å². The first-order valence-electron chi connectivity index (χ1n) is 7.79. The van der Waals surface area contributed by atoms with Gasteiger partial charge in [-0.1, -0.05) is 30.3 Å². The molecule has 124 valence electrons. The SMILES string of the molecule is CC/N=C\C(=N/C(C)C(=O)Nc1ccccc1)c1cccc(I)c1. The predicted molar refractivity (Wildman–Crippen MR) is 109 cm³/mol. The quantitative estimate of drug-likeness (QED) is 0.539. The molecule has 2 aromatic carbocycles. The third kappa shape index (κ3) is 5.56. The van der Waals surface area contributed by atoms with Crippen LogP contribution in [0.2, 0.25) is 0 Å². The van der Waals surface area contributed by atoms with Crippen molar-refractivity contribution in [3.63, 3.8) is 0 Å². The lowest BCUT2D eigenvalue weighted by Gasteiger charge is -2.10. The number of hydrogen-bond acceptors (Lipinski definition) is 3. The average Bonchev–Trinajstić information content (AvgIpc) is 2.59. The van der Waals surface area contributed by atoms with Gasteiger partial charge in [0.15, 0.2) is 0 Å². The molecule has 5 heteroatoms. The van der Waals surface area contributed by atoms with Crippen LogP contribution in [0.25, 0.3) is 0 Å². The van der Waals surface area contributed by atoms with E-state index in [2.05, 4.69) is 37.9 Å². The summed E-state index contributed by atoms with van der Waals surface area (Å²) < 4.78 is 1.11. The zero-order valence-electron chi connectivity index (χ0n) is 13.7. The van der Waals surface area contributed by atoms with E-state index >= 15 is 0 Å². The number of hydrogen-bond donors (Lipinski definition) is 1. The van der Waals surface area contributed by atoms with Crippen molar-refractivity contribution in [2.75, 3.05) is 11.9 Å². The Kier molecular flexibility index (Phi) is 7.11. The van der Waals surface area contributed by atoms with Gasteiger partial charge in [-0.15, -0.1) is 0 Å². The van der Waals surface area contributed by atoms with Crippen LogP contribution in [0.1, 0.15) is 19.4 Å². The van der Waals surface area contributed by atoms with Crippen molar-refractivity contribution in [2.24, 2.45) is 9.98 Å². The van der Waals surface area contributed by atoms with E-state index in [1.807, 2.05) is 61.5 Å². The molecule has 0 saturated heterocycles. The summed E-state index contributed by atoms with van der Waals surface area (Å²) in [6.07, 6.45) is 1.73. The fourth-order valence-electron chi connectivity index (χ4n) is 2.04. The van der Waals surface area contributed by atoms with Gasteiger partial charge in [0.25, 0.3) is 0 Å². The van der Waals surface area contributed by atoms with Crippen LogP contribution in [-0.4, -0.2) is 30.4 Å². The van der Waals surface area contributed by atoms with Gasteiger partial charge in [0.1, 0.15) is 6.04 Å². The molecule has 0 fully saturated rings. The number of benzene rings is 2. The second-order valence-corrected chi connectivity index (χ2v) is 6.43. The number of amides is 1. The summed E-state index contributed by atoms with van der Waals surface area (Å²) in [4.78, 5) is 21.2. The molecule has 1 unspecified atom stereocenters. The minimum atomic E-state index is -0.513. The first-order chi connectivity index (χ1) is 11.6. The highest BCUT2D eigenvalue weighted by Gasteiger charge is 2.13. The van der Waals surface area contributed by atoms with Crippen LogP contribution in [0, 0.1) is 3.57 Å². The highest BCUT2D eigenvalue weighted by Crippen LogP contribution is 2.11. The molecule has 2 aromatic rings. The molecule has 24 heavy (non-hydrogen) atoms. The van der Waals surface area contributed by atoms with Crippen molar-refractivity contribution in [3.8, 4) is 0 Å². The van der Waals surface area contributed by atoms with Crippen LogP contribution in [0.15, 0.2) is 64.6 Å². The predicted octanol–water partition coefficient (Wildman–Crippen LogP) is 4.20. The lowest BCUT2D eigenvalue weighted by molar-refractivity contribution is -0.116. The van der Waals surface area contributed by atoms with Crippen LogP contribution in [0.3, 0.4) is 0 Å². The Morgan fingerprint density at radius 2 is 1.96 bits per heavy atom. The maximum atomic E-state index is 12.4. The molecule has 0 heterocycles. The van der Waals surface area contributed by atoms with Gasteiger partial charge in [0.2, 0.25) is 5.91 Å². The summed E-state index contributed by atoms with van der Waals surface area (Å²) >= 11 is 2.26. The smallest absolute Gasteiger partial charge is 0.248 e. The third-order valence-corrected chi connectivity index (χ3v) is 3.94. The Balaban J connectivity index is 2.21. The number of carbonyl (C=O) groups is 1. The number of para-hydroxylation sites is 1. The molecular weight excluding hydrogens is 413 g/mol. The van der Waals surface area contributed by atoms with Crippen LogP contribution in [-0.2, 0) is 4.79 Å². The number of nitrogens with one attached hydrogen (secondary N) is 1. The van der Waals surface area contributed by atoms with Gasteiger partial charge in [-0.3, -0.25) is 14.8 Å². The van der Waals surface area contributed by atoms with Crippen LogP contribution in [0.4, 0.5) is 5.69 Å². The minimum absolute atomic E-state index is 0.144. The second-order valence-electron chi connectivity index (χ2n) is 5.18. The van der Waals surface area contributed by atoms with Gasteiger partial charge in [-0.05, 0) is 60.7 Å². The topological polar surface area (TPSA) is 53.8 Å². The van der Waals surface area contributed by atoms with Crippen molar-refractivity contribution >= 4 is 46.1 Å². The molecule has 0 spiro atoms. The van der Waals surface area contributed by atoms with E-state index in [1.54, 1.807) is 13.1 Å². The Morgan fingerprint density at radius 3 is 2.62 bits per heavy atom. The molecule has 4 nitrogen and oxygen atoms in total. The first kappa shape index (κ1) is 18.3. The number of halogens is 1. The van der Waals surface area contributed by atoms with Crippen molar-refractivity contribution in [1.29, 1.82) is 0 Å². The highest BCUT2D eigenvalue weighted by molar-refractivity contribution is 14.1. The van der Waals surface area contributed by atoms with Crippen molar-refractivity contribution < 1.29 is 4.79 Å². The van der Waals surface area contributed by atoms with Gasteiger partial charge in [0, 0.05) is 27.6 Å². The van der Waals surface area contributed by atoms with Crippen molar-refractivity contribution in [3.05, 3.63) is 63.7 Å². The van der Waals surface area contributed by atoms with Gasteiger partial charge in [0.05, 0.1) is 5.71 Å². The van der Waals surface area contributed by atoms with Gasteiger partial charge in [-0.2, -0.15) is 0 Å². The first-order valence-corrected chi connectivity index (χ1v) is 8.87. The minimum Gasteiger partial charge on any atom is -0.324 e. The van der Waals surface area contributed by atoms with E-state index in [0.717, 1.165) is 14.8 Å². The molecule has 0 aliphatic heterocycles. The van der Waals surface area contributed by atoms with Crippen LogP contribution >= 0.6 is 22.6 Å². The number of aliphatic imine (C=N–C) groups is 2. The molecule has 0 bridgehead atoms. The molecule has 0 aliphatic carbocycles. The average molecular weight is 433 g/mol. The van der Waals surface area contributed by atoms with E-state index < -0.39 is 6.04 Å². The Morgan fingerprint density at radius 1 is 1.21 bits per heavy atom. The summed E-state index contributed by atoms with van der Waals surface area (Å²) in [5.74, 6) is -0.144. The summed E-state index contributed by atoms with van der Waals surface area (Å²) in [7, 11) is 0. The molecule has 0 radical (unpaired) electrons. The number of carbonyl (C=O) groups excluding carboxylic acids is 1. The molecular formula is C19H20IN3O. The van der Waals surface area contributed by atoms with E-state index in [1.165, 1.54) is 0 Å². The Bertz CT molecular complexity index is 741. The Hall–Kier alpha value is -2.02. The maximum Gasteiger partial charge on any atom is 0.248 e. The third-order valence-electron chi connectivity index (χ3n) is 3.27. The summed E-state index contributed by atoms with van der Waals surface area (Å²) in [5, 5.41) is 2.87. The molecule has 2 rings (SSSR count). The van der Waals surface area contributed by atoms with Gasteiger partial charge >= 0.3 is 0 Å². The zero-order valence-corrected chi connectivity index (χ0v) is 15.9.